The molecule has 2 heteroatoms. The zero-order valence-electron chi connectivity index (χ0n) is 30.6. The van der Waals surface area contributed by atoms with E-state index in [1.165, 1.54) is 85.9 Å². The van der Waals surface area contributed by atoms with E-state index in [4.69, 9.17) is 0 Å². The first kappa shape index (κ1) is 32.4. The van der Waals surface area contributed by atoms with Crippen LogP contribution in [0.25, 0.3) is 85.9 Å². The highest BCUT2D eigenvalue weighted by Crippen LogP contribution is 2.44. The molecule has 0 atom stereocenters. The molecule has 262 valence electrons. The molecule has 0 saturated carbocycles. The van der Waals surface area contributed by atoms with E-state index in [1.54, 1.807) is 0 Å². The van der Waals surface area contributed by atoms with Gasteiger partial charge in [-0.15, -0.1) is 11.3 Å². The van der Waals surface area contributed by atoms with Crippen molar-refractivity contribution in [3.8, 4) is 33.4 Å². The van der Waals surface area contributed by atoms with Crippen molar-refractivity contribution >= 4 is 80.9 Å². The van der Waals surface area contributed by atoms with Crippen molar-refractivity contribution in [3.05, 3.63) is 212 Å². The summed E-state index contributed by atoms with van der Waals surface area (Å²) in [5, 5.41) is 10.3. The Morgan fingerprint density at radius 1 is 0.268 bits per heavy atom. The molecule has 1 aromatic heterocycles. The smallest absolute Gasteiger partial charge is 0.0468 e. The van der Waals surface area contributed by atoms with E-state index < -0.39 is 0 Å². The number of anilines is 3. The average molecular weight is 730 g/mol. The highest BCUT2D eigenvalue weighted by Gasteiger charge is 2.18. The average Bonchev–Trinajstić information content (AvgIpc) is 3.63. The summed E-state index contributed by atoms with van der Waals surface area (Å²) in [6, 6.07) is 77.7. The zero-order valence-corrected chi connectivity index (χ0v) is 31.4. The van der Waals surface area contributed by atoms with Gasteiger partial charge in [0.2, 0.25) is 0 Å². The number of hydrogen-bond acceptors (Lipinski definition) is 2. The Labute approximate surface area is 330 Å². The van der Waals surface area contributed by atoms with Gasteiger partial charge < -0.3 is 4.90 Å². The van der Waals surface area contributed by atoms with Gasteiger partial charge in [0.25, 0.3) is 0 Å². The zero-order chi connectivity index (χ0) is 37.0. The molecule has 0 aliphatic rings. The SMILES string of the molecule is c1ccc(-c2cc(N(c3ccccc3)c3ccc(-c4cc5ccccc5c5ccccc45)cc3)ccc2-c2ccc3c(c2)sc2cc4ccccc4cc23)cc1. The molecule has 1 heterocycles. The number of rotatable bonds is 6. The topological polar surface area (TPSA) is 3.24 Å². The van der Waals surface area contributed by atoms with Crippen LogP contribution in [0.15, 0.2) is 212 Å². The van der Waals surface area contributed by atoms with Crippen molar-refractivity contribution in [2.24, 2.45) is 0 Å². The van der Waals surface area contributed by atoms with Crippen LogP contribution in [-0.4, -0.2) is 0 Å². The van der Waals surface area contributed by atoms with Gasteiger partial charge in [-0.05, 0) is 126 Å². The lowest BCUT2D eigenvalue weighted by Gasteiger charge is -2.27. The highest BCUT2D eigenvalue weighted by molar-refractivity contribution is 7.25. The van der Waals surface area contributed by atoms with Crippen LogP contribution in [0.4, 0.5) is 17.1 Å². The minimum absolute atomic E-state index is 1.11. The van der Waals surface area contributed by atoms with Crippen LogP contribution in [0.1, 0.15) is 0 Å². The van der Waals surface area contributed by atoms with Gasteiger partial charge in [-0.1, -0.05) is 152 Å². The Hall–Kier alpha value is -7.00. The molecule has 11 aromatic rings. The van der Waals surface area contributed by atoms with Crippen LogP contribution >= 0.6 is 11.3 Å². The quantitative estimate of drug-likeness (QED) is 0.154. The van der Waals surface area contributed by atoms with Gasteiger partial charge in [-0.3, -0.25) is 0 Å². The third-order valence-corrected chi connectivity index (χ3v) is 12.3. The first-order chi connectivity index (χ1) is 27.7. The third-order valence-electron chi connectivity index (χ3n) is 11.2. The van der Waals surface area contributed by atoms with E-state index in [0.717, 1.165) is 17.1 Å². The minimum Gasteiger partial charge on any atom is -0.310 e. The van der Waals surface area contributed by atoms with Gasteiger partial charge in [0, 0.05) is 37.2 Å². The number of benzene rings is 10. The second-order valence-electron chi connectivity index (χ2n) is 14.5. The maximum absolute atomic E-state index is 2.39. The minimum atomic E-state index is 1.11. The first-order valence-corrected chi connectivity index (χ1v) is 20.0. The molecule has 11 rings (SSSR count). The van der Waals surface area contributed by atoms with Crippen LogP contribution in [0.5, 0.6) is 0 Å². The Balaban J connectivity index is 1.04. The van der Waals surface area contributed by atoms with Crippen molar-refractivity contribution in [1.82, 2.24) is 0 Å². The molecule has 0 fully saturated rings. The maximum atomic E-state index is 2.39. The molecule has 0 saturated heterocycles. The summed E-state index contributed by atoms with van der Waals surface area (Å²) in [4.78, 5) is 2.37. The number of nitrogens with zero attached hydrogens (tertiary/aromatic N) is 1. The molecule has 0 radical (unpaired) electrons. The van der Waals surface area contributed by atoms with Crippen LogP contribution in [0.3, 0.4) is 0 Å². The Morgan fingerprint density at radius 2 is 0.839 bits per heavy atom. The van der Waals surface area contributed by atoms with Crippen molar-refractivity contribution in [2.45, 2.75) is 0 Å². The largest absolute Gasteiger partial charge is 0.310 e. The number of para-hydroxylation sites is 1. The summed E-state index contributed by atoms with van der Waals surface area (Å²) >= 11 is 1.88. The van der Waals surface area contributed by atoms with Crippen molar-refractivity contribution in [2.75, 3.05) is 4.90 Å². The predicted octanol–water partition coefficient (Wildman–Crippen LogP) is 16.0. The standard InChI is InChI=1S/C54H35NS/c1-3-13-36(14-4-1)51-35-44(28-30-46(51)41-25-29-49-52-31-38-15-7-8-16-39(38)33-54(52)56-53(49)34-41)55(42-18-5-2-6-19-42)43-26-23-37(24-27-43)50-32-40-17-9-10-20-45(40)47-21-11-12-22-48(47)50/h1-35H. The van der Waals surface area contributed by atoms with Gasteiger partial charge in [0.05, 0.1) is 0 Å². The maximum Gasteiger partial charge on any atom is 0.0468 e. The van der Waals surface area contributed by atoms with Gasteiger partial charge in [-0.2, -0.15) is 0 Å². The summed E-state index contributed by atoms with van der Waals surface area (Å²) in [5.74, 6) is 0. The molecule has 0 aliphatic carbocycles. The predicted molar refractivity (Wildman–Crippen MR) is 243 cm³/mol. The van der Waals surface area contributed by atoms with Crippen LogP contribution in [-0.2, 0) is 0 Å². The first-order valence-electron chi connectivity index (χ1n) is 19.2. The number of hydrogen-bond donors (Lipinski definition) is 0. The third kappa shape index (κ3) is 5.54. The molecule has 0 amide bonds. The lowest BCUT2D eigenvalue weighted by Crippen LogP contribution is -2.10. The summed E-state index contributed by atoms with van der Waals surface area (Å²) in [5.41, 5.74) is 10.6. The van der Waals surface area contributed by atoms with Crippen molar-refractivity contribution < 1.29 is 0 Å². The van der Waals surface area contributed by atoms with Gasteiger partial charge >= 0.3 is 0 Å². The van der Waals surface area contributed by atoms with E-state index >= 15 is 0 Å². The normalized spacial score (nSPS) is 11.6. The Morgan fingerprint density at radius 3 is 1.62 bits per heavy atom. The molecule has 10 aromatic carbocycles. The summed E-state index contributed by atoms with van der Waals surface area (Å²) in [6.07, 6.45) is 0. The fraction of sp³-hybridized carbons (Fsp3) is 0. The number of fused-ring (bicyclic) bond motifs is 7. The van der Waals surface area contributed by atoms with Gasteiger partial charge in [0.1, 0.15) is 0 Å². The molecule has 0 spiro atoms. The summed E-state index contributed by atoms with van der Waals surface area (Å²) < 4.78 is 2.63. The van der Waals surface area contributed by atoms with E-state index in [1.807, 2.05) is 11.3 Å². The second kappa shape index (κ2) is 13.4. The van der Waals surface area contributed by atoms with Gasteiger partial charge in [-0.25, -0.2) is 0 Å². The molecule has 0 bridgehead atoms. The van der Waals surface area contributed by atoms with Gasteiger partial charge in [0.15, 0.2) is 0 Å². The van der Waals surface area contributed by atoms with E-state index in [-0.39, 0.29) is 0 Å². The Kier molecular flexibility index (Phi) is 7.75. The lowest BCUT2D eigenvalue weighted by molar-refractivity contribution is 1.28. The van der Waals surface area contributed by atoms with E-state index in [0.29, 0.717) is 0 Å². The summed E-state index contributed by atoms with van der Waals surface area (Å²) in [6.45, 7) is 0. The second-order valence-corrected chi connectivity index (χ2v) is 15.6. The lowest BCUT2D eigenvalue weighted by atomic mass is 9.92. The van der Waals surface area contributed by atoms with Crippen molar-refractivity contribution in [3.63, 3.8) is 0 Å². The monoisotopic (exact) mass is 729 g/mol. The molecular formula is C54H35NS. The summed E-state index contributed by atoms with van der Waals surface area (Å²) in [7, 11) is 0. The fourth-order valence-corrected chi connectivity index (χ4v) is 9.69. The van der Waals surface area contributed by atoms with Crippen molar-refractivity contribution in [1.29, 1.82) is 0 Å². The highest BCUT2D eigenvalue weighted by atomic mass is 32.1. The molecule has 0 aliphatic heterocycles. The fourth-order valence-electron chi connectivity index (χ4n) is 8.52. The van der Waals surface area contributed by atoms with E-state index in [9.17, 15) is 0 Å². The molecule has 1 nitrogen and oxygen atoms in total. The Bertz CT molecular complexity index is 3230. The molecule has 0 N–H and O–H groups in total. The van der Waals surface area contributed by atoms with Crippen LogP contribution in [0, 0.1) is 0 Å². The molecule has 56 heavy (non-hydrogen) atoms. The molecule has 0 unspecified atom stereocenters. The number of thiophene rings is 1. The van der Waals surface area contributed by atoms with Crippen LogP contribution < -0.4 is 4.90 Å². The molecular weight excluding hydrogens is 695 g/mol. The van der Waals surface area contributed by atoms with E-state index in [2.05, 4.69) is 217 Å². The van der Waals surface area contributed by atoms with Crippen LogP contribution in [0.2, 0.25) is 0 Å².